The molecule has 0 aromatic heterocycles. The van der Waals surface area contributed by atoms with Crippen LogP contribution in [0, 0.1) is 18.3 Å². The number of carbonyl (C=O) groups is 1. The Morgan fingerprint density at radius 1 is 1.43 bits per heavy atom. The quantitative estimate of drug-likeness (QED) is 0.452. The lowest BCUT2D eigenvalue weighted by Gasteiger charge is -2.13. The first-order chi connectivity index (χ1) is 10.1. The van der Waals surface area contributed by atoms with Gasteiger partial charge in [-0.3, -0.25) is 4.79 Å². The van der Waals surface area contributed by atoms with Crippen LogP contribution in [0.3, 0.4) is 0 Å². The van der Waals surface area contributed by atoms with Crippen molar-refractivity contribution in [2.24, 2.45) is 0 Å². The summed E-state index contributed by atoms with van der Waals surface area (Å²) in [5, 5.41) is 14.5. The first kappa shape index (κ1) is 16.7. The van der Waals surface area contributed by atoms with Crippen LogP contribution in [0.5, 0.6) is 0 Å². The molecule has 0 saturated carbocycles. The fraction of sp³-hybridized carbons (Fsp3) is 0.333. The smallest absolute Gasteiger partial charge is 0.267 e. The summed E-state index contributed by atoms with van der Waals surface area (Å²) in [6.07, 6.45) is 0.900. The number of methoxy groups -OCH3 is 2. The molecule has 0 heterocycles. The third-order valence-electron chi connectivity index (χ3n) is 2.70. The second kappa shape index (κ2) is 8.74. The molecule has 1 aromatic carbocycles. The minimum Gasteiger partial charge on any atom is -0.385 e. The molecule has 6 nitrogen and oxygen atoms in total. The summed E-state index contributed by atoms with van der Waals surface area (Å²) in [6.45, 7) is 2.25. The van der Waals surface area contributed by atoms with E-state index in [2.05, 4.69) is 10.6 Å². The van der Waals surface area contributed by atoms with Gasteiger partial charge in [0.2, 0.25) is 0 Å². The highest BCUT2D eigenvalue weighted by atomic mass is 16.7. The number of nitrogens with zero attached hydrogens (tertiary/aromatic N) is 1. The van der Waals surface area contributed by atoms with E-state index in [1.54, 1.807) is 6.07 Å². The Bertz CT molecular complexity index is 545. The predicted octanol–water partition coefficient (Wildman–Crippen LogP) is 1.55. The Kier molecular flexibility index (Phi) is 6.95. The zero-order valence-electron chi connectivity index (χ0n) is 12.3. The van der Waals surface area contributed by atoms with E-state index in [9.17, 15) is 4.79 Å². The highest BCUT2D eigenvalue weighted by molar-refractivity contribution is 6.06. The highest BCUT2D eigenvalue weighted by Gasteiger charge is 2.10. The zero-order valence-corrected chi connectivity index (χ0v) is 12.3. The Hall–Kier alpha value is -2.36. The summed E-state index contributed by atoms with van der Waals surface area (Å²) in [5.41, 5.74) is 1.65. The van der Waals surface area contributed by atoms with Crippen LogP contribution in [0.25, 0.3) is 0 Å². The molecule has 1 aromatic rings. The summed E-state index contributed by atoms with van der Waals surface area (Å²) >= 11 is 0. The summed E-state index contributed by atoms with van der Waals surface area (Å²) < 4.78 is 9.97. The maximum atomic E-state index is 12.0. The maximum absolute atomic E-state index is 12.0. The lowest BCUT2D eigenvalue weighted by atomic mass is 10.2. The number of anilines is 1. The van der Waals surface area contributed by atoms with Crippen LogP contribution in [-0.2, 0) is 14.3 Å². The number of carbonyl (C=O) groups excluding carboxylic acids is 1. The molecule has 0 bridgehead atoms. The van der Waals surface area contributed by atoms with Crippen molar-refractivity contribution < 1.29 is 14.3 Å². The average molecular weight is 289 g/mol. The Balaban J connectivity index is 2.63. The molecule has 0 unspecified atom stereocenters. The van der Waals surface area contributed by atoms with Crippen LogP contribution in [-0.4, -0.2) is 33.0 Å². The summed E-state index contributed by atoms with van der Waals surface area (Å²) in [7, 11) is 3.02. The third-order valence-corrected chi connectivity index (χ3v) is 2.70. The minimum atomic E-state index is -0.470. The number of nitrogens with one attached hydrogen (secondary N) is 2. The van der Waals surface area contributed by atoms with Gasteiger partial charge < -0.3 is 20.1 Å². The van der Waals surface area contributed by atoms with Crippen molar-refractivity contribution in [1.82, 2.24) is 5.32 Å². The molecule has 0 aliphatic carbocycles. The van der Waals surface area contributed by atoms with Crippen molar-refractivity contribution in [1.29, 1.82) is 5.26 Å². The molecular weight excluding hydrogens is 270 g/mol. The van der Waals surface area contributed by atoms with Crippen molar-refractivity contribution in [3.8, 4) is 6.07 Å². The first-order valence-electron chi connectivity index (χ1n) is 6.38. The second-order valence-corrected chi connectivity index (χ2v) is 4.30. The van der Waals surface area contributed by atoms with Gasteiger partial charge in [-0.1, -0.05) is 12.1 Å². The van der Waals surface area contributed by atoms with Gasteiger partial charge >= 0.3 is 0 Å². The van der Waals surface area contributed by atoms with Gasteiger partial charge in [-0.25, -0.2) is 0 Å². The van der Waals surface area contributed by atoms with Gasteiger partial charge in [-0.2, -0.15) is 5.26 Å². The summed E-state index contributed by atoms with van der Waals surface area (Å²) in [5.74, 6) is -0.470. The maximum Gasteiger partial charge on any atom is 0.267 e. The van der Waals surface area contributed by atoms with E-state index >= 15 is 0 Å². The molecule has 6 heteroatoms. The molecule has 21 heavy (non-hydrogen) atoms. The molecule has 0 fully saturated rings. The van der Waals surface area contributed by atoms with E-state index in [0.717, 1.165) is 5.56 Å². The number of nitriles is 1. The van der Waals surface area contributed by atoms with Gasteiger partial charge in [0.1, 0.15) is 11.6 Å². The number of rotatable bonds is 7. The summed E-state index contributed by atoms with van der Waals surface area (Å²) in [4.78, 5) is 12.0. The van der Waals surface area contributed by atoms with E-state index < -0.39 is 12.2 Å². The number of aryl methyl sites for hydroxylation is 1. The number of ether oxygens (including phenoxy) is 2. The molecule has 0 aliphatic heterocycles. The van der Waals surface area contributed by atoms with Crippen molar-refractivity contribution in [3.05, 3.63) is 41.6 Å². The van der Waals surface area contributed by atoms with E-state index in [-0.39, 0.29) is 5.57 Å². The fourth-order valence-corrected chi connectivity index (χ4v) is 1.59. The second-order valence-electron chi connectivity index (χ2n) is 4.30. The van der Waals surface area contributed by atoms with Crippen molar-refractivity contribution in [2.45, 2.75) is 13.2 Å². The SMILES string of the molecule is COC(CN/C=C(/C#N)C(=O)Nc1cccc(C)c1)OC. The monoisotopic (exact) mass is 289 g/mol. The Labute approximate surface area is 124 Å². The molecule has 1 rings (SSSR count). The van der Waals surface area contributed by atoms with E-state index in [1.807, 2.05) is 31.2 Å². The Morgan fingerprint density at radius 3 is 2.71 bits per heavy atom. The van der Waals surface area contributed by atoms with Gasteiger partial charge in [-0.05, 0) is 24.6 Å². The van der Waals surface area contributed by atoms with Crippen molar-refractivity contribution >= 4 is 11.6 Å². The molecule has 0 spiro atoms. The molecule has 0 saturated heterocycles. The standard InChI is InChI=1S/C15H19N3O3/c1-11-5-4-6-13(7-11)18-15(19)12(8-16)9-17-10-14(20-2)21-3/h4-7,9,14,17H,10H2,1-3H3,(H,18,19)/b12-9-. The number of hydrogen-bond donors (Lipinski definition) is 2. The zero-order chi connectivity index (χ0) is 15.7. The molecule has 2 N–H and O–H groups in total. The van der Waals surface area contributed by atoms with Gasteiger partial charge in [-0.15, -0.1) is 0 Å². The van der Waals surface area contributed by atoms with Gasteiger partial charge in [0.05, 0.1) is 6.54 Å². The molecule has 0 atom stereocenters. The molecular formula is C15H19N3O3. The van der Waals surface area contributed by atoms with Gasteiger partial charge in [0.15, 0.2) is 6.29 Å². The number of hydrogen-bond acceptors (Lipinski definition) is 5. The molecule has 0 aliphatic rings. The van der Waals surface area contributed by atoms with Crippen molar-refractivity contribution in [2.75, 3.05) is 26.1 Å². The van der Waals surface area contributed by atoms with E-state index in [4.69, 9.17) is 14.7 Å². The minimum absolute atomic E-state index is 0.0255. The summed E-state index contributed by atoms with van der Waals surface area (Å²) in [6, 6.07) is 9.20. The van der Waals surface area contributed by atoms with Crippen molar-refractivity contribution in [3.63, 3.8) is 0 Å². The Morgan fingerprint density at radius 2 is 2.14 bits per heavy atom. The predicted molar refractivity (Wildman–Crippen MR) is 79.3 cm³/mol. The van der Waals surface area contributed by atoms with Crippen LogP contribution < -0.4 is 10.6 Å². The van der Waals surface area contributed by atoms with Crippen LogP contribution >= 0.6 is 0 Å². The van der Waals surface area contributed by atoms with Crippen LogP contribution in [0.4, 0.5) is 5.69 Å². The van der Waals surface area contributed by atoms with Crippen LogP contribution in [0.1, 0.15) is 5.56 Å². The van der Waals surface area contributed by atoms with Gasteiger partial charge in [0, 0.05) is 26.1 Å². The fourth-order valence-electron chi connectivity index (χ4n) is 1.59. The van der Waals surface area contributed by atoms with Crippen LogP contribution in [0.2, 0.25) is 0 Å². The third kappa shape index (κ3) is 5.65. The molecule has 112 valence electrons. The lowest BCUT2D eigenvalue weighted by Crippen LogP contribution is -2.27. The normalized spacial score (nSPS) is 11.1. The highest BCUT2D eigenvalue weighted by Crippen LogP contribution is 2.10. The topological polar surface area (TPSA) is 83.4 Å². The van der Waals surface area contributed by atoms with Gasteiger partial charge in [0.25, 0.3) is 5.91 Å². The molecule has 1 amide bonds. The largest absolute Gasteiger partial charge is 0.385 e. The molecule has 0 radical (unpaired) electrons. The number of benzene rings is 1. The van der Waals surface area contributed by atoms with E-state index in [0.29, 0.717) is 12.2 Å². The van der Waals surface area contributed by atoms with Crippen LogP contribution in [0.15, 0.2) is 36.0 Å². The number of amides is 1. The lowest BCUT2D eigenvalue weighted by molar-refractivity contribution is -0.112. The first-order valence-corrected chi connectivity index (χ1v) is 6.38. The average Bonchev–Trinajstić information content (AvgIpc) is 2.47. The van der Waals surface area contributed by atoms with E-state index in [1.165, 1.54) is 20.4 Å².